The number of amides is 7. The summed E-state index contributed by atoms with van der Waals surface area (Å²) < 4.78 is 16.4. The summed E-state index contributed by atoms with van der Waals surface area (Å²) in [7, 11) is 0. The van der Waals surface area contributed by atoms with Crippen LogP contribution in [0.5, 0.6) is 0 Å². The van der Waals surface area contributed by atoms with E-state index in [2.05, 4.69) is 10.6 Å². The van der Waals surface area contributed by atoms with Crippen molar-refractivity contribution < 1.29 is 47.8 Å². The van der Waals surface area contributed by atoms with Crippen LogP contribution in [-0.2, 0) is 33.4 Å². The quantitative estimate of drug-likeness (QED) is 0.0953. The van der Waals surface area contributed by atoms with E-state index in [-0.39, 0.29) is 42.4 Å². The van der Waals surface area contributed by atoms with E-state index in [1.165, 1.54) is 40.9 Å². The molecule has 0 aliphatic carbocycles. The van der Waals surface area contributed by atoms with Crippen molar-refractivity contribution in [3.63, 3.8) is 0 Å². The van der Waals surface area contributed by atoms with Gasteiger partial charge in [0.05, 0.1) is 0 Å². The lowest BCUT2D eigenvalue weighted by molar-refractivity contribution is -0.153. The summed E-state index contributed by atoms with van der Waals surface area (Å²) in [6, 6.07) is 20.3. The molecule has 6 rings (SSSR count). The molecule has 6 N–H and O–H groups in total. The van der Waals surface area contributed by atoms with Crippen molar-refractivity contribution in [2.75, 3.05) is 37.7 Å². The van der Waals surface area contributed by atoms with Crippen molar-refractivity contribution in [2.24, 2.45) is 5.73 Å². The topological polar surface area (TPSA) is 233 Å². The van der Waals surface area contributed by atoms with Gasteiger partial charge in [0.25, 0.3) is 5.91 Å². The summed E-state index contributed by atoms with van der Waals surface area (Å²) in [6.45, 7) is 1.61. The molecule has 3 aromatic rings. The number of carbonyl (C=O) groups excluding carboxylic acids is 7. The Labute approximate surface area is 318 Å². The lowest BCUT2D eigenvalue weighted by Gasteiger charge is -2.49. The Bertz CT molecular complexity index is 1980. The number of benzene rings is 3. The van der Waals surface area contributed by atoms with Gasteiger partial charge in [0, 0.05) is 36.6 Å². The van der Waals surface area contributed by atoms with Crippen LogP contribution in [0.2, 0.25) is 0 Å². The van der Waals surface area contributed by atoms with Gasteiger partial charge < -0.3 is 41.2 Å². The van der Waals surface area contributed by atoms with Crippen LogP contribution in [-0.4, -0.2) is 100 Å². The third-order valence-electron chi connectivity index (χ3n) is 9.01. The lowest BCUT2D eigenvalue weighted by Crippen LogP contribution is -2.71. The van der Waals surface area contributed by atoms with Crippen LogP contribution in [0.1, 0.15) is 35.8 Å². The average molecular weight is 772 g/mol. The van der Waals surface area contributed by atoms with Gasteiger partial charge in [-0.25, -0.2) is 14.4 Å². The number of β-lactam (4-membered cyclic amide) rings is 1. The molecule has 2 saturated heterocycles. The average Bonchev–Trinajstić information content (AvgIpc) is 3.19. The Morgan fingerprint density at radius 3 is 2.11 bits per heavy atom. The Kier molecular flexibility index (Phi) is 11.5. The van der Waals surface area contributed by atoms with Gasteiger partial charge in [-0.3, -0.25) is 29.0 Å². The molecule has 0 saturated carbocycles. The number of urea groups is 1. The first-order valence-corrected chi connectivity index (χ1v) is 18.2. The monoisotopic (exact) mass is 771 g/mol. The first-order chi connectivity index (χ1) is 26.5. The van der Waals surface area contributed by atoms with Crippen LogP contribution in [0.4, 0.5) is 20.1 Å². The molecule has 18 heteroatoms. The Morgan fingerprint density at radius 2 is 1.51 bits per heavy atom. The fraction of sp³-hybridized carbons (Fsp3) is 0.270. The number of imide groups is 1. The highest BCUT2D eigenvalue weighted by Gasteiger charge is 2.55. The third kappa shape index (κ3) is 8.33. The lowest BCUT2D eigenvalue weighted by atomic mass is 10.0. The normalized spacial score (nSPS) is 18.6. The number of hydrogen-bond donors (Lipinski definition) is 4. The third-order valence-corrected chi connectivity index (χ3v) is 10.4. The number of hydrogen-bond acceptors (Lipinski definition) is 12. The molecule has 0 unspecified atom stereocenters. The zero-order valence-corrected chi connectivity index (χ0v) is 30.2. The number of nitrogens with zero attached hydrogens (tertiary/aromatic N) is 3. The van der Waals surface area contributed by atoms with Crippen LogP contribution in [0.25, 0.3) is 0 Å². The van der Waals surface area contributed by atoms with Crippen molar-refractivity contribution in [2.45, 2.75) is 30.5 Å². The molecule has 2 fully saturated rings. The molecule has 55 heavy (non-hydrogen) atoms. The number of piperazine rings is 1. The molecule has 0 radical (unpaired) electrons. The molecule has 0 aromatic heterocycles. The van der Waals surface area contributed by atoms with Gasteiger partial charge in [0.15, 0.2) is 6.10 Å². The molecule has 3 aliphatic heterocycles. The molecule has 3 aromatic carbocycles. The number of likely N-dealkylation sites (N-methyl/N-ethyl adjacent to an activating group) is 1. The van der Waals surface area contributed by atoms with E-state index in [0.717, 1.165) is 9.80 Å². The Hall–Kier alpha value is -6.56. The predicted octanol–water partition coefficient (Wildman–Crippen LogP) is 2.36. The van der Waals surface area contributed by atoms with Crippen molar-refractivity contribution in [3.8, 4) is 0 Å². The number of anilines is 1. The van der Waals surface area contributed by atoms with Crippen LogP contribution >= 0.6 is 11.8 Å². The molecule has 0 bridgehead atoms. The van der Waals surface area contributed by atoms with Gasteiger partial charge in [-0.2, -0.15) is 0 Å². The summed E-state index contributed by atoms with van der Waals surface area (Å²) in [5, 5.41) is 4.37. The van der Waals surface area contributed by atoms with Gasteiger partial charge in [-0.1, -0.05) is 72.8 Å². The standard InChI is InChI=1S/C37H37N7O10S/c1-2-42-17-18-43(32(48)31(42)47)36(50)41-26(21-13-15-25(38)16-14-21)29(45)40-27-30(46)44-33(24(19-52-35(39)49)20-55-34(27)44)54-37(51)53-28(22-9-5-3-6-10-22)23-11-7-4-8-12-23/h3-16,26-28,34H,2,17-20,38H2,1H3,(H2,39,49)(H,40,45)(H,41,50)/t26-,27-,34+/m1/s1. The number of primary amides is 1. The maximum Gasteiger partial charge on any atom is 0.516 e. The maximum atomic E-state index is 13.9. The molecule has 0 spiro atoms. The fourth-order valence-electron chi connectivity index (χ4n) is 6.16. The zero-order chi connectivity index (χ0) is 39.2. The smallest absolute Gasteiger partial charge is 0.445 e. The van der Waals surface area contributed by atoms with E-state index < -0.39 is 72.1 Å². The number of carbonyl (C=O) groups is 7. The zero-order valence-electron chi connectivity index (χ0n) is 29.4. The minimum Gasteiger partial charge on any atom is -0.445 e. The second-order valence-electron chi connectivity index (χ2n) is 12.5. The number of nitrogens with two attached hydrogens (primary N) is 2. The largest absolute Gasteiger partial charge is 0.516 e. The molecule has 17 nitrogen and oxygen atoms in total. The number of thioether (sulfide) groups is 1. The summed E-state index contributed by atoms with van der Waals surface area (Å²) in [5.74, 6) is -3.55. The van der Waals surface area contributed by atoms with E-state index in [1.54, 1.807) is 55.5 Å². The van der Waals surface area contributed by atoms with Gasteiger partial charge in [-0.15, -0.1) is 11.8 Å². The van der Waals surface area contributed by atoms with Gasteiger partial charge >= 0.3 is 30.1 Å². The number of nitrogen functional groups attached to an aromatic ring is 1. The minimum absolute atomic E-state index is 0.0914. The highest BCUT2D eigenvalue weighted by Crippen LogP contribution is 2.41. The van der Waals surface area contributed by atoms with E-state index >= 15 is 0 Å². The van der Waals surface area contributed by atoms with Crippen LogP contribution in [0, 0.1) is 0 Å². The first-order valence-electron chi connectivity index (χ1n) is 17.1. The molecule has 3 heterocycles. The fourth-order valence-corrected chi connectivity index (χ4v) is 7.47. The Balaban J connectivity index is 1.20. The molecular weight excluding hydrogens is 735 g/mol. The van der Waals surface area contributed by atoms with Crippen molar-refractivity contribution >= 4 is 59.4 Å². The predicted molar refractivity (Wildman–Crippen MR) is 196 cm³/mol. The van der Waals surface area contributed by atoms with Gasteiger partial charge in [0.1, 0.15) is 24.1 Å². The second kappa shape index (κ2) is 16.6. The maximum absolute atomic E-state index is 13.9. The van der Waals surface area contributed by atoms with Crippen molar-refractivity contribution in [3.05, 3.63) is 113 Å². The number of fused-ring (bicyclic) bond motifs is 1. The molecule has 3 aliphatic rings. The molecule has 7 amide bonds. The molecule has 3 atom stereocenters. The van der Waals surface area contributed by atoms with Gasteiger partial charge in [-0.05, 0) is 35.7 Å². The van der Waals surface area contributed by atoms with E-state index in [1.807, 2.05) is 12.1 Å². The van der Waals surface area contributed by atoms with Gasteiger partial charge in [0.2, 0.25) is 11.8 Å². The number of ether oxygens (including phenoxy) is 3. The van der Waals surface area contributed by atoms with Crippen LogP contribution < -0.4 is 22.1 Å². The SMILES string of the molecule is CCN1CCN(C(=O)N[C@@H](C(=O)N[C@@H]2C(=O)N3C(OC(=O)OC(c4ccccc4)c4ccccc4)=C(COC(N)=O)CS[C@@H]23)c2ccc(N)cc2)C(=O)C1=O. The summed E-state index contributed by atoms with van der Waals surface area (Å²) >= 11 is 1.18. The van der Waals surface area contributed by atoms with E-state index in [4.69, 9.17) is 25.7 Å². The number of rotatable bonds is 11. The van der Waals surface area contributed by atoms with E-state index in [9.17, 15) is 33.6 Å². The molecular formula is C37H37N7O10S. The minimum atomic E-state index is -1.43. The first kappa shape index (κ1) is 38.2. The summed E-state index contributed by atoms with van der Waals surface area (Å²) in [6.07, 6.45) is -3.13. The summed E-state index contributed by atoms with van der Waals surface area (Å²) in [5.41, 5.74) is 13.2. The second-order valence-corrected chi connectivity index (χ2v) is 13.6. The van der Waals surface area contributed by atoms with Crippen molar-refractivity contribution in [1.29, 1.82) is 0 Å². The van der Waals surface area contributed by atoms with Crippen LogP contribution in [0.3, 0.4) is 0 Å². The molecule has 286 valence electrons. The Morgan fingerprint density at radius 1 is 0.873 bits per heavy atom. The van der Waals surface area contributed by atoms with Crippen LogP contribution in [0.15, 0.2) is 96.4 Å². The van der Waals surface area contributed by atoms with E-state index in [0.29, 0.717) is 16.8 Å². The summed E-state index contributed by atoms with van der Waals surface area (Å²) in [4.78, 5) is 94.4. The highest BCUT2D eigenvalue weighted by atomic mass is 32.2. The number of nitrogens with one attached hydrogen (secondary N) is 2. The highest BCUT2D eigenvalue weighted by molar-refractivity contribution is 8.00. The van der Waals surface area contributed by atoms with Crippen molar-refractivity contribution in [1.82, 2.24) is 25.3 Å².